The number of fused-ring (bicyclic) bond motifs is 1. The van der Waals surface area contributed by atoms with Crippen molar-refractivity contribution < 1.29 is 4.57 Å². The highest BCUT2D eigenvalue weighted by molar-refractivity contribution is 6.83. The van der Waals surface area contributed by atoms with Gasteiger partial charge in [-0.05, 0) is 47.6 Å². The fraction of sp³-hybridized carbons (Fsp3) is 0.320. The van der Waals surface area contributed by atoms with Gasteiger partial charge in [-0.25, -0.2) is 4.57 Å². The Morgan fingerprint density at radius 2 is 1.52 bits per heavy atom. The number of pyridine rings is 1. The van der Waals surface area contributed by atoms with Crippen molar-refractivity contribution in [3.63, 3.8) is 0 Å². The van der Waals surface area contributed by atoms with Crippen LogP contribution in [0.5, 0.6) is 0 Å². The van der Waals surface area contributed by atoms with Gasteiger partial charge in [0, 0.05) is 11.5 Å². The van der Waals surface area contributed by atoms with Gasteiger partial charge >= 0.3 is 6.98 Å². The molecule has 0 atom stereocenters. The summed E-state index contributed by atoms with van der Waals surface area (Å²) < 4.78 is 2.21. The van der Waals surface area contributed by atoms with Crippen molar-refractivity contribution in [1.82, 2.24) is 0 Å². The van der Waals surface area contributed by atoms with E-state index in [0.717, 1.165) is 0 Å². The molecule has 2 heterocycles. The quantitative estimate of drug-likeness (QED) is 0.503. The topological polar surface area (TPSA) is 19.1 Å². The molecule has 0 unspecified atom stereocenters. The van der Waals surface area contributed by atoms with E-state index in [4.69, 9.17) is 0 Å². The van der Waals surface area contributed by atoms with Crippen molar-refractivity contribution in [3.05, 3.63) is 77.5 Å². The van der Waals surface area contributed by atoms with E-state index in [9.17, 15) is 0 Å². The van der Waals surface area contributed by atoms with Crippen LogP contribution in [0.4, 0.5) is 17.2 Å². The summed E-state index contributed by atoms with van der Waals surface area (Å²) in [4.78, 5) is 2.48. The van der Waals surface area contributed by atoms with E-state index in [-0.39, 0.29) is 6.98 Å². The van der Waals surface area contributed by atoms with Gasteiger partial charge in [-0.15, -0.1) is 0 Å². The number of nitrogens with zero attached hydrogens (tertiary/aromatic N) is 2. The first kappa shape index (κ1) is 19.6. The SMILES string of the molecule is Cc1cccc2c1N(c1cccc[n+]1C)B(c1c(C(C)C)cccc1C(C)C)N2. The van der Waals surface area contributed by atoms with E-state index in [2.05, 4.69) is 117 Å². The second kappa shape index (κ2) is 7.59. The molecule has 1 aliphatic heterocycles. The highest BCUT2D eigenvalue weighted by Crippen LogP contribution is 2.40. The molecule has 1 aliphatic rings. The zero-order valence-corrected chi connectivity index (χ0v) is 18.4. The fourth-order valence-electron chi connectivity index (χ4n) is 4.57. The van der Waals surface area contributed by atoms with Crippen LogP contribution in [0.2, 0.25) is 0 Å². The molecule has 4 heteroatoms. The Hall–Kier alpha value is -2.75. The number of aryl methyl sites for hydroxylation is 2. The van der Waals surface area contributed by atoms with Crippen LogP contribution in [0.25, 0.3) is 0 Å². The van der Waals surface area contributed by atoms with Crippen LogP contribution in [0.1, 0.15) is 56.2 Å². The molecular weight excluding hydrogens is 353 g/mol. The molecule has 0 spiro atoms. The summed E-state index contributed by atoms with van der Waals surface area (Å²) in [6.07, 6.45) is 2.13. The zero-order valence-electron chi connectivity index (χ0n) is 18.4. The van der Waals surface area contributed by atoms with Crippen LogP contribution in [0.15, 0.2) is 60.8 Å². The Balaban J connectivity index is 2.00. The number of benzene rings is 2. The average molecular weight is 384 g/mol. The highest BCUT2D eigenvalue weighted by atomic mass is 15.3. The first-order valence-electron chi connectivity index (χ1n) is 10.6. The largest absolute Gasteiger partial charge is 0.535 e. The molecule has 0 saturated heterocycles. The average Bonchev–Trinajstić information content (AvgIpc) is 3.08. The van der Waals surface area contributed by atoms with Crippen LogP contribution in [-0.2, 0) is 7.05 Å². The predicted molar refractivity (Wildman–Crippen MR) is 125 cm³/mol. The fourth-order valence-corrected chi connectivity index (χ4v) is 4.57. The standard InChI is InChI=1S/C25H31BN3/c1-17(2)20-12-10-13-21(18(3)4)24(20)26-27-22-14-9-11-19(5)25(22)29(26)23-15-7-8-16-28(23)6/h7-18,27H,1-6H3/q+1. The normalized spacial score (nSPS) is 13.2. The Bertz CT molecular complexity index is 1020. The Morgan fingerprint density at radius 1 is 0.862 bits per heavy atom. The highest BCUT2D eigenvalue weighted by Gasteiger charge is 2.47. The lowest BCUT2D eigenvalue weighted by molar-refractivity contribution is -0.658. The molecule has 0 fully saturated rings. The molecule has 0 amide bonds. The van der Waals surface area contributed by atoms with Gasteiger partial charge in [0.1, 0.15) is 5.69 Å². The minimum Gasteiger partial charge on any atom is -0.380 e. The molecule has 0 radical (unpaired) electrons. The van der Waals surface area contributed by atoms with E-state index < -0.39 is 0 Å². The number of aromatic nitrogens is 1. The van der Waals surface area contributed by atoms with Crippen molar-refractivity contribution in [1.29, 1.82) is 0 Å². The molecule has 1 aromatic heterocycles. The van der Waals surface area contributed by atoms with Crippen LogP contribution < -0.4 is 20.1 Å². The zero-order chi connectivity index (χ0) is 20.7. The molecule has 0 aliphatic carbocycles. The smallest absolute Gasteiger partial charge is 0.380 e. The number of rotatable bonds is 4. The summed E-state index contributed by atoms with van der Waals surface area (Å²) in [5.74, 6) is 2.11. The third-order valence-corrected chi connectivity index (χ3v) is 5.99. The maximum atomic E-state index is 3.87. The van der Waals surface area contributed by atoms with Crippen molar-refractivity contribution in [3.8, 4) is 0 Å². The molecule has 2 aromatic carbocycles. The van der Waals surface area contributed by atoms with Crippen LogP contribution in [0, 0.1) is 6.92 Å². The number of nitrogens with one attached hydrogen (secondary N) is 1. The first-order chi connectivity index (χ1) is 13.9. The Labute approximate surface area is 175 Å². The van der Waals surface area contributed by atoms with E-state index in [1.54, 1.807) is 0 Å². The number of hydrogen-bond acceptors (Lipinski definition) is 2. The third kappa shape index (κ3) is 3.31. The lowest BCUT2D eigenvalue weighted by Gasteiger charge is -2.25. The summed E-state index contributed by atoms with van der Waals surface area (Å²) in [5.41, 5.74) is 8.01. The molecule has 148 valence electrons. The molecule has 1 N–H and O–H groups in total. The molecule has 3 nitrogen and oxygen atoms in total. The van der Waals surface area contributed by atoms with Crippen LogP contribution >= 0.6 is 0 Å². The summed E-state index contributed by atoms with van der Waals surface area (Å²) in [6.45, 7) is 11.4. The van der Waals surface area contributed by atoms with Gasteiger partial charge in [0.15, 0.2) is 0 Å². The summed E-state index contributed by atoms with van der Waals surface area (Å²) in [7, 11) is 2.13. The summed E-state index contributed by atoms with van der Waals surface area (Å²) in [6, 6.07) is 19.8. The van der Waals surface area contributed by atoms with E-state index in [0.29, 0.717) is 11.8 Å². The molecule has 3 aromatic rings. The van der Waals surface area contributed by atoms with Gasteiger partial charge in [-0.2, -0.15) is 0 Å². The minimum absolute atomic E-state index is 0.0655. The molecule has 4 rings (SSSR count). The van der Waals surface area contributed by atoms with Crippen molar-refractivity contribution >= 4 is 29.6 Å². The Morgan fingerprint density at radius 3 is 2.14 bits per heavy atom. The minimum atomic E-state index is 0.0655. The predicted octanol–water partition coefficient (Wildman–Crippen LogP) is 5.03. The van der Waals surface area contributed by atoms with Crippen LogP contribution in [0.3, 0.4) is 0 Å². The maximum Gasteiger partial charge on any atom is 0.535 e. The van der Waals surface area contributed by atoms with Gasteiger partial charge in [0.05, 0.1) is 18.9 Å². The summed E-state index contributed by atoms with van der Waals surface area (Å²) >= 11 is 0. The van der Waals surface area contributed by atoms with Gasteiger partial charge < -0.3 is 5.23 Å². The van der Waals surface area contributed by atoms with Gasteiger partial charge in [0.25, 0.3) is 5.82 Å². The third-order valence-electron chi connectivity index (χ3n) is 5.99. The molecule has 0 saturated carbocycles. The monoisotopic (exact) mass is 384 g/mol. The van der Waals surface area contributed by atoms with E-state index >= 15 is 0 Å². The second-order valence-electron chi connectivity index (χ2n) is 8.72. The number of para-hydroxylation sites is 1. The van der Waals surface area contributed by atoms with Crippen molar-refractivity contribution in [2.24, 2.45) is 7.05 Å². The number of hydrogen-bond donors (Lipinski definition) is 1. The van der Waals surface area contributed by atoms with Gasteiger partial charge in [0.2, 0.25) is 0 Å². The van der Waals surface area contributed by atoms with E-state index in [1.807, 2.05) is 0 Å². The lowest BCUT2D eigenvalue weighted by Crippen LogP contribution is -2.54. The van der Waals surface area contributed by atoms with Gasteiger partial charge in [-0.1, -0.05) is 64.1 Å². The molecule has 0 bridgehead atoms. The molecule has 29 heavy (non-hydrogen) atoms. The van der Waals surface area contributed by atoms with Crippen molar-refractivity contribution in [2.75, 3.05) is 10.0 Å². The maximum absolute atomic E-state index is 3.87. The Kier molecular flexibility index (Phi) is 5.12. The van der Waals surface area contributed by atoms with Crippen LogP contribution in [-0.4, -0.2) is 6.98 Å². The number of anilines is 3. The first-order valence-corrected chi connectivity index (χ1v) is 10.6. The van der Waals surface area contributed by atoms with Crippen molar-refractivity contribution in [2.45, 2.75) is 46.5 Å². The summed E-state index contributed by atoms with van der Waals surface area (Å²) in [5, 5.41) is 3.87. The second-order valence-corrected chi connectivity index (χ2v) is 8.72. The lowest BCUT2D eigenvalue weighted by atomic mass is 9.60. The molecular formula is C25H31BN3+. The van der Waals surface area contributed by atoms with Gasteiger partial charge in [-0.3, -0.25) is 4.81 Å². The van der Waals surface area contributed by atoms with E-state index in [1.165, 1.54) is 39.3 Å².